The van der Waals surface area contributed by atoms with Crippen LogP contribution in [0.25, 0.3) is 15.9 Å². The second-order valence-electron chi connectivity index (χ2n) is 13.2. The number of ether oxygens (including phenoxy) is 2. The summed E-state index contributed by atoms with van der Waals surface area (Å²) in [5.41, 5.74) is 6.91. The first-order chi connectivity index (χ1) is 23.2. The number of fused-ring (bicyclic) bond motifs is 1. The molecule has 0 N–H and O–H groups in total. The summed E-state index contributed by atoms with van der Waals surface area (Å²) in [5, 5.41) is 0. The highest BCUT2D eigenvalue weighted by Gasteiger charge is 2.27. The normalized spacial score (nSPS) is 14.2. The van der Waals surface area contributed by atoms with E-state index in [0.717, 1.165) is 57.8 Å². The number of nitrogens with zero attached hydrogens (tertiary/aromatic N) is 6. The predicted octanol–water partition coefficient (Wildman–Crippen LogP) is 7.67. The van der Waals surface area contributed by atoms with Gasteiger partial charge in [-0.1, -0.05) is 66.7 Å². The molecule has 0 aliphatic carbocycles. The van der Waals surface area contributed by atoms with E-state index < -0.39 is 5.60 Å². The molecule has 1 amide bonds. The number of amides is 1. The van der Waals surface area contributed by atoms with Crippen LogP contribution in [0.3, 0.4) is 0 Å². The number of para-hydroxylation sites is 2. The number of aryl methyl sites for hydroxylation is 1. The summed E-state index contributed by atoms with van der Waals surface area (Å²) in [4.78, 5) is 28.5. The molecule has 1 saturated heterocycles. The maximum absolute atomic E-state index is 12.8. The van der Waals surface area contributed by atoms with Gasteiger partial charge in [-0.05, 0) is 75.9 Å². The first kappa shape index (κ1) is 32.6. The van der Waals surface area contributed by atoms with Crippen LogP contribution in [0.4, 0.5) is 10.5 Å². The lowest BCUT2D eigenvalue weighted by atomic mass is 10.1. The summed E-state index contributed by atoms with van der Waals surface area (Å²) in [6, 6.07) is 30.2. The SMILES string of the molecule is [C-]#[N+]c1ccc(Cn2c(=NC3CCN(C(=O)OC(C)(C)C)CC3)n(Cc3nc(C)ccc3OCc3ccccc3)c3ccccc32)cc1. The first-order valence-corrected chi connectivity index (χ1v) is 16.5. The molecule has 2 aromatic heterocycles. The fourth-order valence-electron chi connectivity index (χ4n) is 5.99. The number of imidazole rings is 1. The third-order valence-electron chi connectivity index (χ3n) is 8.38. The van der Waals surface area contributed by atoms with Crippen LogP contribution in [-0.4, -0.2) is 49.8 Å². The van der Waals surface area contributed by atoms with Gasteiger partial charge in [-0.3, -0.25) is 4.98 Å². The molecule has 1 fully saturated rings. The van der Waals surface area contributed by atoms with Crippen molar-refractivity contribution in [3.8, 4) is 5.75 Å². The van der Waals surface area contributed by atoms with Gasteiger partial charge < -0.3 is 23.5 Å². The minimum atomic E-state index is -0.536. The van der Waals surface area contributed by atoms with Crippen LogP contribution >= 0.6 is 0 Å². The Kier molecular flexibility index (Phi) is 9.62. The summed E-state index contributed by atoms with van der Waals surface area (Å²) < 4.78 is 16.5. The van der Waals surface area contributed by atoms with E-state index in [1.165, 1.54) is 0 Å². The van der Waals surface area contributed by atoms with Crippen molar-refractivity contribution in [3.63, 3.8) is 0 Å². The number of piperidine rings is 1. The molecular weight excluding hydrogens is 600 g/mol. The molecular formula is C39H42N6O3. The number of benzene rings is 3. The Balaban J connectivity index is 1.39. The Morgan fingerprint density at radius 2 is 1.52 bits per heavy atom. The highest BCUT2D eigenvalue weighted by atomic mass is 16.6. The fourth-order valence-corrected chi connectivity index (χ4v) is 5.99. The van der Waals surface area contributed by atoms with Gasteiger partial charge in [0, 0.05) is 18.8 Å². The van der Waals surface area contributed by atoms with Gasteiger partial charge >= 0.3 is 6.09 Å². The second kappa shape index (κ2) is 14.2. The Labute approximate surface area is 281 Å². The molecule has 9 nitrogen and oxygen atoms in total. The van der Waals surface area contributed by atoms with E-state index in [4.69, 9.17) is 26.0 Å². The number of carbonyl (C=O) groups excluding carboxylic acids is 1. The van der Waals surface area contributed by atoms with Crippen LogP contribution in [0.5, 0.6) is 5.75 Å². The number of rotatable bonds is 8. The van der Waals surface area contributed by atoms with Crippen LogP contribution in [0, 0.1) is 13.5 Å². The smallest absolute Gasteiger partial charge is 0.410 e. The van der Waals surface area contributed by atoms with E-state index in [0.29, 0.717) is 38.5 Å². The maximum Gasteiger partial charge on any atom is 0.410 e. The molecule has 5 aromatic rings. The molecule has 0 spiro atoms. The minimum absolute atomic E-state index is 0.0155. The fraction of sp³-hybridized carbons (Fsp3) is 0.333. The van der Waals surface area contributed by atoms with E-state index in [9.17, 15) is 4.79 Å². The molecule has 6 rings (SSSR count). The third kappa shape index (κ3) is 7.77. The monoisotopic (exact) mass is 642 g/mol. The highest BCUT2D eigenvalue weighted by Crippen LogP contribution is 2.24. The summed E-state index contributed by atoms with van der Waals surface area (Å²) in [6.07, 6.45) is 1.19. The Morgan fingerprint density at radius 3 is 2.17 bits per heavy atom. The van der Waals surface area contributed by atoms with Gasteiger partial charge in [0.15, 0.2) is 5.69 Å². The molecule has 0 radical (unpaired) electrons. The molecule has 48 heavy (non-hydrogen) atoms. The van der Waals surface area contributed by atoms with E-state index in [1.54, 1.807) is 4.90 Å². The molecule has 0 saturated carbocycles. The molecule has 246 valence electrons. The lowest BCUT2D eigenvalue weighted by molar-refractivity contribution is 0.0206. The summed E-state index contributed by atoms with van der Waals surface area (Å²) in [6.45, 7) is 17.7. The van der Waals surface area contributed by atoms with E-state index in [2.05, 4.69) is 38.2 Å². The van der Waals surface area contributed by atoms with Crippen molar-refractivity contribution in [2.75, 3.05) is 13.1 Å². The molecule has 0 atom stereocenters. The van der Waals surface area contributed by atoms with Gasteiger partial charge in [0.1, 0.15) is 23.7 Å². The Bertz CT molecular complexity index is 1990. The number of aromatic nitrogens is 3. The standard InChI is InChI=1S/C39H42N6O3/c1-28-15-20-36(47-27-30-11-7-6-8-12-30)33(41-28)26-45-35-14-10-9-13-34(35)44(25-29-16-18-31(40-5)19-17-29)37(45)42-32-21-23-43(24-22-32)38(46)48-39(2,3)4/h6-20,32H,21-27H2,1-4H3. The van der Waals surface area contributed by atoms with E-state index >= 15 is 0 Å². The summed E-state index contributed by atoms with van der Waals surface area (Å²) in [7, 11) is 0. The van der Waals surface area contributed by atoms with Gasteiger partial charge in [-0.15, -0.1) is 0 Å². The number of carbonyl (C=O) groups is 1. The molecule has 3 heterocycles. The maximum atomic E-state index is 12.8. The molecule has 1 aliphatic heterocycles. The largest absolute Gasteiger partial charge is 0.487 e. The molecule has 9 heteroatoms. The van der Waals surface area contributed by atoms with Crippen LogP contribution in [0.1, 0.15) is 56.1 Å². The number of pyridine rings is 1. The number of hydrogen-bond donors (Lipinski definition) is 0. The van der Waals surface area contributed by atoms with Crippen molar-refractivity contribution in [2.45, 2.75) is 71.9 Å². The average Bonchev–Trinajstić information content (AvgIpc) is 3.36. The quantitative estimate of drug-likeness (QED) is 0.163. The number of likely N-dealkylation sites (tertiary alicyclic amines) is 1. The predicted molar refractivity (Wildman–Crippen MR) is 187 cm³/mol. The van der Waals surface area contributed by atoms with Crippen LogP contribution in [0.15, 0.2) is 96.0 Å². The second-order valence-corrected chi connectivity index (χ2v) is 13.2. The lowest BCUT2D eigenvalue weighted by Crippen LogP contribution is -2.43. The van der Waals surface area contributed by atoms with Crippen molar-refractivity contribution < 1.29 is 14.3 Å². The van der Waals surface area contributed by atoms with Crippen molar-refractivity contribution in [2.24, 2.45) is 4.99 Å². The zero-order valence-electron chi connectivity index (χ0n) is 28.1. The number of hydrogen-bond acceptors (Lipinski definition) is 5. The zero-order valence-corrected chi connectivity index (χ0v) is 28.1. The Morgan fingerprint density at radius 1 is 0.875 bits per heavy atom. The van der Waals surface area contributed by atoms with Crippen molar-refractivity contribution in [1.29, 1.82) is 0 Å². The first-order valence-electron chi connectivity index (χ1n) is 16.5. The van der Waals surface area contributed by atoms with Crippen LogP contribution < -0.4 is 10.4 Å². The van der Waals surface area contributed by atoms with E-state index in [-0.39, 0.29) is 12.1 Å². The van der Waals surface area contributed by atoms with Crippen LogP contribution in [-0.2, 0) is 24.4 Å². The van der Waals surface area contributed by atoms with E-state index in [1.807, 2.05) is 94.4 Å². The summed E-state index contributed by atoms with van der Waals surface area (Å²) in [5.74, 6) is 0.736. The average molecular weight is 643 g/mol. The van der Waals surface area contributed by atoms with Crippen LogP contribution in [0.2, 0.25) is 0 Å². The summed E-state index contributed by atoms with van der Waals surface area (Å²) >= 11 is 0. The zero-order chi connectivity index (χ0) is 33.7. The van der Waals surface area contributed by atoms with Gasteiger partial charge in [-0.25, -0.2) is 14.6 Å². The van der Waals surface area contributed by atoms with Crippen molar-refractivity contribution in [3.05, 3.63) is 131 Å². The topological polar surface area (TPSA) is 78.2 Å². The molecule has 3 aromatic carbocycles. The highest BCUT2D eigenvalue weighted by molar-refractivity contribution is 5.76. The molecule has 0 unspecified atom stereocenters. The van der Waals surface area contributed by atoms with Gasteiger partial charge in [0.25, 0.3) is 0 Å². The Hall–Kier alpha value is -5.36. The van der Waals surface area contributed by atoms with Gasteiger partial charge in [-0.2, -0.15) is 0 Å². The lowest BCUT2D eigenvalue weighted by Gasteiger charge is -2.32. The molecule has 1 aliphatic rings. The van der Waals surface area contributed by atoms with Gasteiger partial charge in [0.05, 0.1) is 36.7 Å². The minimum Gasteiger partial charge on any atom is -0.487 e. The van der Waals surface area contributed by atoms with Crippen molar-refractivity contribution >= 4 is 22.8 Å². The van der Waals surface area contributed by atoms with Crippen molar-refractivity contribution in [1.82, 2.24) is 19.0 Å². The third-order valence-corrected chi connectivity index (χ3v) is 8.38. The van der Waals surface area contributed by atoms with Gasteiger partial charge in [0.2, 0.25) is 5.62 Å². The molecule has 0 bridgehead atoms.